The molecule has 0 fully saturated rings. The van der Waals surface area contributed by atoms with Gasteiger partial charge in [-0.3, -0.25) is 9.48 Å². The Bertz CT molecular complexity index is 767. The summed E-state index contributed by atoms with van der Waals surface area (Å²) < 4.78 is 20.9. The molecule has 0 radical (unpaired) electrons. The number of aryl methyl sites for hydroxylation is 2. The third-order valence-electron chi connectivity index (χ3n) is 3.97. The Morgan fingerprint density at radius 1 is 1.43 bits per heavy atom. The molecule has 1 aliphatic heterocycles. The topological polar surface area (TPSA) is 56.1 Å². The summed E-state index contributed by atoms with van der Waals surface area (Å²) in [7, 11) is 1.74. The van der Waals surface area contributed by atoms with Crippen molar-refractivity contribution in [3.8, 4) is 5.75 Å². The molecular weight excluding hydrogens is 297 g/mol. The molecule has 0 saturated carbocycles. The van der Waals surface area contributed by atoms with Crippen LogP contribution in [-0.4, -0.2) is 21.3 Å². The first kappa shape index (κ1) is 15.5. The molecule has 1 atom stereocenters. The van der Waals surface area contributed by atoms with Crippen molar-refractivity contribution in [1.29, 1.82) is 0 Å². The normalized spacial score (nSPS) is 18.9. The Hall–Kier alpha value is -2.37. The highest BCUT2D eigenvalue weighted by molar-refractivity contribution is 5.93. The molecule has 3 rings (SSSR count). The molecule has 0 bridgehead atoms. The molecule has 5 nitrogen and oxygen atoms in total. The third-order valence-corrected chi connectivity index (χ3v) is 3.97. The van der Waals surface area contributed by atoms with Gasteiger partial charge >= 0.3 is 0 Å². The Kier molecular flexibility index (Phi) is 3.62. The van der Waals surface area contributed by atoms with Crippen LogP contribution >= 0.6 is 0 Å². The molecule has 1 aromatic carbocycles. The largest absolute Gasteiger partial charge is 0.487 e. The summed E-state index contributed by atoms with van der Waals surface area (Å²) in [5.74, 6) is -0.0763. The monoisotopic (exact) mass is 317 g/mol. The molecule has 0 unspecified atom stereocenters. The van der Waals surface area contributed by atoms with Crippen LogP contribution in [0.2, 0.25) is 0 Å². The van der Waals surface area contributed by atoms with Crippen molar-refractivity contribution in [2.45, 2.75) is 38.8 Å². The SMILES string of the molecule is Cc1cc(C(=O)N[C@@H]2CC(C)(C)Oc3cc(F)ccc32)n(C)n1. The van der Waals surface area contributed by atoms with Crippen LogP contribution in [0.25, 0.3) is 0 Å². The van der Waals surface area contributed by atoms with Crippen LogP contribution in [0.4, 0.5) is 4.39 Å². The Labute approximate surface area is 134 Å². The van der Waals surface area contributed by atoms with Gasteiger partial charge in [-0.05, 0) is 32.9 Å². The zero-order valence-electron chi connectivity index (χ0n) is 13.7. The average Bonchev–Trinajstić information content (AvgIpc) is 2.75. The number of hydrogen-bond acceptors (Lipinski definition) is 3. The van der Waals surface area contributed by atoms with Crippen LogP contribution in [0.3, 0.4) is 0 Å². The zero-order valence-corrected chi connectivity index (χ0v) is 13.7. The molecule has 1 amide bonds. The van der Waals surface area contributed by atoms with E-state index in [1.807, 2.05) is 20.8 Å². The number of aromatic nitrogens is 2. The number of halogens is 1. The van der Waals surface area contributed by atoms with Gasteiger partial charge < -0.3 is 10.1 Å². The van der Waals surface area contributed by atoms with Crippen molar-refractivity contribution in [2.75, 3.05) is 0 Å². The molecule has 23 heavy (non-hydrogen) atoms. The van der Waals surface area contributed by atoms with Gasteiger partial charge in [-0.15, -0.1) is 0 Å². The number of ether oxygens (including phenoxy) is 1. The summed E-state index contributed by atoms with van der Waals surface area (Å²) in [6.07, 6.45) is 0.605. The van der Waals surface area contributed by atoms with Crippen molar-refractivity contribution in [3.05, 3.63) is 47.0 Å². The number of benzene rings is 1. The fourth-order valence-electron chi connectivity index (χ4n) is 3.01. The Balaban J connectivity index is 1.91. The number of rotatable bonds is 2. The number of hydrogen-bond donors (Lipinski definition) is 1. The van der Waals surface area contributed by atoms with E-state index >= 15 is 0 Å². The van der Waals surface area contributed by atoms with E-state index in [1.165, 1.54) is 12.1 Å². The number of nitrogens with zero attached hydrogens (tertiary/aromatic N) is 2. The van der Waals surface area contributed by atoms with Gasteiger partial charge in [-0.25, -0.2) is 4.39 Å². The van der Waals surface area contributed by atoms with E-state index in [9.17, 15) is 9.18 Å². The number of nitrogens with one attached hydrogen (secondary N) is 1. The first-order valence-electron chi connectivity index (χ1n) is 7.55. The maximum atomic E-state index is 13.5. The van der Waals surface area contributed by atoms with E-state index in [0.29, 0.717) is 17.9 Å². The highest BCUT2D eigenvalue weighted by atomic mass is 19.1. The second-order valence-corrected chi connectivity index (χ2v) is 6.57. The molecule has 1 N–H and O–H groups in total. The van der Waals surface area contributed by atoms with Crippen molar-refractivity contribution in [1.82, 2.24) is 15.1 Å². The quantitative estimate of drug-likeness (QED) is 0.926. The van der Waals surface area contributed by atoms with E-state index < -0.39 is 5.60 Å². The number of fused-ring (bicyclic) bond motifs is 1. The summed E-state index contributed by atoms with van der Waals surface area (Å²) in [6.45, 7) is 5.69. The number of carbonyl (C=O) groups excluding carboxylic acids is 1. The Morgan fingerprint density at radius 3 is 2.83 bits per heavy atom. The lowest BCUT2D eigenvalue weighted by Gasteiger charge is -2.37. The lowest BCUT2D eigenvalue weighted by molar-refractivity contribution is 0.0613. The van der Waals surface area contributed by atoms with Gasteiger partial charge in [0, 0.05) is 25.1 Å². The first-order valence-corrected chi connectivity index (χ1v) is 7.55. The summed E-state index contributed by atoms with van der Waals surface area (Å²) in [5, 5.41) is 7.21. The minimum absolute atomic E-state index is 0.203. The second-order valence-electron chi connectivity index (χ2n) is 6.57. The number of carbonyl (C=O) groups is 1. The molecule has 2 aromatic rings. The van der Waals surface area contributed by atoms with Gasteiger partial charge in [0.05, 0.1) is 11.7 Å². The summed E-state index contributed by atoms with van der Waals surface area (Å²) in [6, 6.07) is 5.92. The zero-order chi connectivity index (χ0) is 16.8. The van der Waals surface area contributed by atoms with Crippen molar-refractivity contribution in [3.63, 3.8) is 0 Å². The van der Waals surface area contributed by atoms with Gasteiger partial charge in [-0.2, -0.15) is 5.10 Å². The van der Waals surface area contributed by atoms with Gasteiger partial charge in [0.15, 0.2) is 0 Å². The van der Waals surface area contributed by atoms with E-state index in [4.69, 9.17) is 4.74 Å². The van der Waals surface area contributed by atoms with Crippen molar-refractivity contribution in [2.24, 2.45) is 7.05 Å². The molecular formula is C17H20FN3O2. The minimum atomic E-state index is -0.485. The highest BCUT2D eigenvalue weighted by Gasteiger charge is 2.35. The Morgan fingerprint density at radius 2 is 2.17 bits per heavy atom. The van der Waals surface area contributed by atoms with Crippen LogP contribution in [0.1, 0.15) is 48.1 Å². The molecule has 2 heterocycles. The fourth-order valence-corrected chi connectivity index (χ4v) is 3.01. The molecule has 0 saturated heterocycles. The standard InChI is InChI=1S/C17H20FN3O2/c1-10-7-14(21(4)20-10)16(22)19-13-9-17(2,3)23-15-8-11(18)5-6-12(13)15/h5-8,13H,9H2,1-4H3,(H,19,22)/t13-/m1/s1. The fraction of sp³-hybridized carbons (Fsp3) is 0.412. The predicted octanol–water partition coefficient (Wildman–Crippen LogP) is 2.90. The summed E-state index contributed by atoms with van der Waals surface area (Å²) in [5.41, 5.74) is 1.59. The van der Waals surface area contributed by atoms with Crippen LogP contribution in [0.5, 0.6) is 5.75 Å². The maximum Gasteiger partial charge on any atom is 0.270 e. The predicted molar refractivity (Wildman–Crippen MR) is 83.9 cm³/mol. The highest BCUT2D eigenvalue weighted by Crippen LogP contribution is 2.39. The average molecular weight is 317 g/mol. The van der Waals surface area contributed by atoms with Crippen LogP contribution < -0.4 is 10.1 Å². The minimum Gasteiger partial charge on any atom is -0.487 e. The third kappa shape index (κ3) is 3.06. The molecule has 6 heteroatoms. The molecule has 1 aromatic heterocycles. The first-order chi connectivity index (χ1) is 10.7. The lowest BCUT2D eigenvalue weighted by atomic mass is 9.89. The van der Waals surface area contributed by atoms with Crippen LogP contribution in [-0.2, 0) is 7.05 Å². The summed E-state index contributed by atoms with van der Waals surface area (Å²) >= 11 is 0. The van der Waals surface area contributed by atoms with Crippen molar-refractivity contribution >= 4 is 5.91 Å². The van der Waals surface area contributed by atoms with Crippen LogP contribution in [0.15, 0.2) is 24.3 Å². The molecule has 1 aliphatic rings. The lowest BCUT2D eigenvalue weighted by Crippen LogP contribution is -2.41. The smallest absolute Gasteiger partial charge is 0.270 e. The van der Waals surface area contributed by atoms with E-state index in [-0.39, 0.29) is 17.8 Å². The molecule has 122 valence electrons. The van der Waals surface area contributed by atoms with Gasteiger partial charge in [0.1, 0.15) is 22.9 Å². The number of amides is 1. The molecule has 0 aliphatic carbocycles. The van der Waals surface area contributed by atoms with E-state index in [2.05, 4.69) is 10.4 Å². The van der Waals surface area contributed by atoms with E-state index in [1.54, 1.807) is 23.9 Å². The van der Waals surface area contributed by atoms with Gasteiger partial charge in [-0.1, -0.05) is 6.07 Å². The van der Waals surface area contributed by atoms with Crippen molar-refractivity contribution < 1.29 is 13.9 Å². The van der Waals surface area contributed by atoms with Crippen LogP contribution in [0, 0.1) is 12.7 Å². The molecule has 0 spiro atoms. The van der Waals surface area contributed by atoms with Gasteiger partial charge in [0.2, 0.25) is 0 Å². The van der Waals surface area contributed by atoms with E-state index in [0.717, 1.165) is 11.3 Å². The maximum absolute atomic E-state index is 13.5. The van der Waals surface area contributed by atoms with Gasteiger partial charge in [0.25, 0.3) is 5.91 Å². The summed E-state index contributed by atoms with van der Waals surface area (Å²) in [4.78, 5) is 12.5. The second kappa shape index (κ2) is 5.37.